The molecule has 13 heavy (non-hydrogen) atoms. The van der Waals surface area contributed by atoms with Gasteiger partial charge in [-0.3, -0.25) is 4.98 Å². The molecule has 3 aliphatic rings. The van der Waals surface area contributed by atoms with Crippen LogP contribution in [0.3, 0.4) is 0 Å². The first-order valence-electron chi connectivity index (χ1n) is 4.56. The van der Waals surface area contributed by atoms with Crippen LogP contribution < -0.4 is 0 Å². The van der Waals surface area contributed by atoms with Crippen LogP contribution in [0.4, 0.5) is 0 Å². The van der Waals surface area contributed by atoms with E-state index < -0.39 is 0 Å². The second-order valence-electron chi connectivity index (χ2n) is 4.16. The number of aromatic nitrogens is 1. The SMILES string of the molecule is Oc1[nH]c(O)c2c1C1CC2[C@@H]2OC12. The van der Waals surface area contributed by atoms with Crippen molar-refractivity contribution >= 4 is 0 Å². The lowest BCUT2D eigenvalue weighted by Gasteiger charge is -2.05. The van der Waals surface area contributed by atoms with Crippen molar-refractivity contribution < 1.29 is 14.9 Å². The first kappa shape index (κ1) is 6.32. The van der Waals surface area contributed by atoms with E-state index in [4.69, 9.17) is 4.74 Å². The number of fused-ring (bicyclic) bond motifs is 8. The van der Waals surface area contributed by atoms with E-state index in [-0.39, 0.29) is 11.8 Å². The molecule has 0 amide bonds. The summed E-state index contributed by atoms with van der Waals surface area (Å²) in [6.45, 7) is 0. The van der Waals surface area contributed by atoms with Crippen molar-refractivity contribution in [3.63, 3.8) is 0 Å². The lowest BCUT2D eigenvalue weighted by Crippen LogP contribution is -2.04. The predicted octanol–water partition coefficient (Wildman–Crippen LogP) is 0.778. The Hall–Kier alpha value is -1.16. The molecule has 2 fully saturated rings. The molecule has 1 aliphatic heterocycles. The third-order valence-corrected chi connectivity index (χ3v) is 3.64. The van der Waals surface area contributed by atoms with Gasteiger partial charge < -0.3 is 14.9 Å². The topological polar surface area (TPSA) is 68.8 Å². The zero-order chi connectivity index (χ0) is 8.74. The van der Waals surface area contributed by atoms with Gasteiger partial charge in [0.05, 0.1) is 12.2 Å². The summed E-state index contributed by atoms with van der Waals surface area (Å²) in [4.78, 5) is 2.58. The number of aromatic amines is 1. The van der Waals surface area contributed by atoms with Gasteiger partial charge in [-0.2, -0.15) is 0 Å². The van der Waals surface area contributed by atoms with Crippen molar-refractivity contribution in [3.05, 3.63) is 11.1 Å². The molecule has 0 aromatic carbocycles. The maximum atomic E-state index is 9.54. The zero-order valence-electron chi connectivity index (χ0n) is 6.82. The minimum Gasteiger partial charge on any atom is -0.494 e. The molecular formula is C9H9NO3. The summed E-state index contributed by atoms with van der Waals surface area (Å²) in [5, 5.41) is 19.1. The summed E-state index contributed by atoms with van der Waals surface area (Å²) < 4.78 is 5.45. The number of hydrogen-bond donors (Lipinski definition) is 3. The molecule has 0 radical (unpaired) electrons. The van der Waals surface area contributed by atoms with Gasteiger partial charge in [0, 0.05) is 23.0 Å². The van der Waals surface area contributed by atoms with E-state index in [0.29, 0.717) is 24.0 Å². The normalized spacial score (nSPS) is 43.4. The summed E-state index contributed by atoms with van der Waals surface area (Å²) >= 11 is 0. The van der Waals surface area contributed by atoms with Crippen molar-refractivity contribution in [2.24, 2.45) is 0 Å². The molecule has 4 nitrogen and oxygen atoms in total. The highest BCUT2D eigenvalue weighted by Gasteiger charge is 2.64. The minimum atomic E-state index is 0.133. The highest BCUT2D eigenvalue weighted by Crippen LogP contribution is 2.66. The largest absolute Gasteiger partial charge is 0.494 e. The number of aromatic hydroxyl groups is 2. The van der Waals surface area contributed by atoms with Crippen molar-refractivity contribution in [3.8, 4) is 11.8 Å². The number of H-pyrrole nitrogens is 1. The molecule has 2 bridgehead atoms. The molecule has 1 saturated heterocycles. The van der Waals surface area contributed by atoms with Crippen molar-refractivity contribution in [2.45, 2.75) is 30.5 Å². The summed E-state index contributed by atoms with van der Waals surface area (Å²) in [6, 6.07) is 0. The molecule has 3 unspecified atom stereocenters. The van der Waals surface area contributed by atoms with Crippen LogP contribution >= 0.6 is 0 Å². The Kier molecular flexibility index (Phi) is 0.764. The van der Waals surface area contributed by atoms with Gasteiger partial charge in [-0.15, -0.1) is 0 Å². The summed E-state index contributed by atoms with van der Waals surface area (Å²) in [7, 11) is 0. The molecule has 68 valence electrons. The molecule has 1 aromatic heterocycles. The Morgan fingerprint density at radius 1 is 1.08 bits per heavy atom. The lowest BCUT2D eigenvalue weighted by atomic mass is 9.95. The van der Waals surface area contributed by atoms with Crippen molar-refractivity contribution in [1.82, 2.24) is 4.98 Å². The molecular weight excluding hydrogens is 170 g/mol. The second kappa shape index (κ2) is 1.57. The van der Waals surface area contributed by atoms with E-state index in [9.17, 15) is 10.2 Å². The third kappa shape index (κ3) is 0.508. The number of hydrogen-bond acceptors (Lipinski definition) is 3. The van der Waals surface area contributed by atoms with Crippen LogP contribution in [0.15, 0.2) is 0 Å². The van der Waals surface area contributed by atoms with Crippen molar-refractivity contribution in [1.29, 1.82) is 0 Å². The van der Waals surface area contributed by atoms with Gasteiger partial charge in [0.2, 0.25) is 0 Å². The van der Waals surface area contributed by atoms with E-state index in [2.05, 4.69) is 4.98 Å². The molecule has 4 atom stereocenters. The number of rotatable bonds is 0. The molecule has 2 aliphatic carbocycles. The van der Waals surface area contributed by atoms with Gasteiger partial charge >= 0.3 is 0 Å². The standard InChI is InChI=1S/C9H9NO3/c11-8-4-2-1-3(7-6(2)13-7)5(4)9(12)10-8/h2-3,6-7,10-12H,1H2/t2?,3?,6-,7?/m0/s1. The van der Waals surface area contributed by atoms with Crippen LogP contribution in [0.1, 0.15) is 29.4 Å². The van der Waals surface area contributed by atoms with Crippen LogP contribution in [-0.4, -0.2) is 27.4 Å². The van der Waals surface area contributed by atoms with Gasteiger partial charge in [-0.05, 0) is 6.42 Å². The average Bonchev–Trinajstić information content (AvgIpc) is 2.58. The van der Waals surface area contributed by atoms with E-state index in [1.807, 2.05) is 0 Å². The van der Waals surface area contributed by atoms with Crippen LogP contribution in [0.5, 0.6) is 11.8 Å². The van der Waals surface area contributed by atoms with Gasteiger partial charge in [0.15, 0.2) is 11.8 Å². The summed E-state index contributed by atoms with van der Waals surface area (Å²) in [6.07, 6.45) is 1.67. The van der Waals surface area contributed by atoms with Crippen molar-refractivity contribution in [2.75, 3.05) is 0 Å². The van der Waals surface area contributed by atoms with E-state index in [1.54, 1.807) is 0 Å². The van der Waals surface area contributed by atoms with Gasteiger partial charge in [-0.1, -0.05) is 0 Å². The van der Waals surface area contributed by atoms with E-state index >= 15 is 0 Å². The Balaban J connectivity index is 2.03. The maximum Gasteiger partial charge on any atom is 0.195 e. The van der Waals surface area contributed by atoms with E-state index in [0.717, 1.165) is 17.5 Å². The molecule has 2 heterocycles. The molecule has 0 spiro atoms. The quantitative estimate of drug-likeness (QED) is 0.515. The number of epoxide rings is 1. The van der Waals surface area contributed by atoms with E-state index in [1.165, 1.54) is 0 Å². The fraction of sp³-hybridized carbons (Fsp3) is 0.556. The fourth-order valence-corrected chi connectivity index (χ4v) is 3.14. The highest BCUT2D eigenvalue weighted by atomic mass is 16.6. The van der Waals surface area contributed by atoms with Gasteiger partial charge in [-0.25, -0.2) is 0 Å². The monoisotopic (exact) mass is 179 g/mol. The van der Waals surface area contributed by atoms with Crippen LogP contribution in [0.25, 0.3) is 0 Å². The second-order valence-corrected chi connectivity index (χ2v) is 4.16. The first-order valence-corrected chi connectivity index (χ1v) is 4.56. The Bertz CT molecular complexity index is 377. The molecule has 4 rings (SSSR count). The highest BCUT2D eigenvalue weighted by molar-refractivity contribution is 5.57. The molecule has 3 N–H and O–H groups in total. The Labute approximate surface area is 74.1 Å². The Morgan fingerprint density at radius 3 is 2.15 bits per heavy atom. The van der Waals surface area contributed by atoms with Crippen LogP contribution in [0, 0.1) is 0 Å². The summed E-state index contributed by atoms with van der Waals surface area (Å²) in [5.74, 6) is 0.909. The fourth-order valence-electron chi connectivity index (χ4n) is 3.14. The van der Waals surface area contributed by atoms with Gasteiger partial charge in [0.25, 0.3) is 0 Å². The molecule has 4 heteroatoms. The smallest absolute Gasteiger partial charge is 0.195 e. The number of nitrogens with one attached hydrogen (secondary N) is 1. The zero-order valence-corrected chi connectivity index (χ0v) is 6.82. The van der Waals surface area contributed by atoms with Gasteiger partial charge in [0.1, 0.15) is 0 Å². The lowest BCUT2D eigenvalue weighted by molar-refractivity contribution is 0.292. The summed E-state index contributed by atoms with van der Waals surface area (Å²) in [5.41, 5.74) is 1.81. The minimum absolute atomic E-state index is 0.133. The van der Waals surface area contributed by atoms with Crippen LogP contribution in [0.2, 0.25) is 0 Å². The molecule has 1 saturated carbocycles. The molecule has 1 aromatic rings. The Morgan fingerprint density at radius 2 is 1.62 bits per heavy atom. The average molecular weight is 179 g/mol. The maximum absolute atomic E-state index is 9.54. The third-order valence-electron chi connectivity index (χ3n) is 3.64. The van der Waals surface area contributed by atoms with Crippen LogP contribution in [-0.2, 0) is 4.74 Å². The number of ether oxygens (including phenoxy) is 1. The first-order chi connectivity index (χ1) is 6.27. The predicted molar refractivity (Wildman–Crippen MR) is 42.9 cm³/mol.